The van der Waals surface area contributed by atoms with Gasteiger partial charge in [-0.2, -0.15) is 0 Å². The topological polar surface area (TPSA) is 20.2 Å². The Hall–Kier alpha value is -1.50. The van der Waals surface area contributed by atoms with Gasteiger partial charge in [0.2, 0.25) is 0 Å². The molecule has 0 unspecified atom stereocenters. The molecule has 26 heavy (non-hydrogen) atoms. The van der Waals surface area contributed by atoms with Crippen molar-refractivity contribution >= 4 is 0 Å². The number of phenols is 1. The summed E-state index contributed by atoms with van der Waals surface area (Å²) in [6, 6.07) is 4.32. The van der Waals surface area contributed by atoms with Crippen molar-refractivity contribution < 1.29 is 5.11 Å². The molecule has 0 radical (unpaired) electrons. The van der Waals surface area contributed by atoms with Crippen molar-refractivity contribution in [1.82, 2.24) is 0 Å². The van der Waals surface area contributed by atoms with Gasteiger partial charge in [0, 0.05) is 5.56 Å². The smallest absolute Gasteiger partial charge is 0.122 e. The van der Waals surface area contributed by atoms with Gasteiger partial charge in [0.05, 0.1) is 0 Å². The quantitative estimate of drug-likeness (QED) is 0.443. The molecule has 2 aliphatic carbocycles. The van der Waals surface area contributed by atoms with Crippen LogP contribution in [0.15, 0.2) is 35.4 Å². The second-order valence-electron chi connectivity index (χ2n) is 8.33. The minimum Gasteiger partial charge on any atom is -0.507 e. The van der Waals surface area contributed by atoms with E-state index in [2.05, 4.69) is 31.2 Å². The van der Waals surface area contributed by atoms with Gasteiger partial charge in [-0.25, -0.2) is 0 Å². The minimum atomic E-state index is 0.543. The van der Waals surface area contributed by atoms with Gasteiger partial charge in [-0.1, -0.05) is 61.1 Å². The molecule has 3 rings (SSSR count). The molecule has 2 fully saturated rings. The van der Waals surface area contributed by atoms with Gasteiger partial charge in [0.1, 0.15) is 5.75 Å². The van der Waals surface area contributed by atoms with E-state index in [1.807, 2.05) is 0 Å². The summed E-state index contributed by atoms with van der Waals surface area (Å²) >= 11 is 0. The Morgan fingerprint density at radius 2 is 1.23 bits per heavy atom. The summed E-state index contributed by atoms with van der Waals surface area (Å²) in [5.74, 6) is 0.543. The van der Waals surface area contributed by atoms with E-state index in [0.29, 0.717) is 5.75 Å². The van der Waals surface area contributed by atoms with Crippen LogP contribution in [-0.2, 0) is 12.8 Å². The van der Waals surface area contributed by atoms with Gasteiger partial charge in [0.25, 0.3) is 0 Å². The van der Waals surface area contributed by atoms with E-state index >= 15 is 0 Å². The molecule has 1 N–H and O–H groups in total. The fraction of sp³-hybridized carbons (Fsp3) is 0.600. The number of hydrogen-bond acceptors (Lipinski definition) is 1. The first-order valence-electron chi connectivity index (χ1n) is 10.9. The Kier molecular flexibility index (Phi) is 7.41. The zero-order valence-electron chi connectivity index (χ0n) is 16.7. The molecule has 0 saturated heterocycles. The number of aryl methyl sites for hydroxylation is 1. The monoisotopic (exact) mass is 352 g/mol. The van der Waals surface area contributed by atoms with E-state index in [1.165, 1.54) is 82.6 Å². The molecule has 0 spiro atoms. The molecule has 0 bridgehead atoms. The van der Waals surface area contributed by atoms with Gasteiger partial charge < -0.3 is 5.11 Å². The second kappa shape index (κ2) is 10.00. The largest absolute Gasteiger partial charge is 0.507 e. The molecule has 1 heteroatoms. The number of phenolic OH excluding ortho intramolecular Hbond substituents is 1. The summed E-state index contributed by atoms with van der Waals surface area (Å²) in [7, 11) is 0. The highest BCUT2D eigenvalue weighted by Gasteiger charge is 2.11. The third-order valence-electron chi connectivity index (χ3n) is 6.30. The van der Waals surface area contributed by atoms with Crippen LogP contribution in [-0.4, -0.2) is 5.11 Å². The van der Waals surface area contributed by atoms with Crippen molar-refractivity contribution in [2.75, 3.05) is 0 Å². The highest BCUT2D eigenvalue weighted by atomic mass is 16.3. The van der Waals surface area contributed by atoms with Gasteiger partial charge in [0.15, 0.2) is 0 Å². The summed E-state index contributed by atoms with van der Waals surface area (Å²) < 4.78 is 0. The Morgan fingerprint density at radius 3 is 1.77 bits per heavy atom. The maximum atomic E-state index is 10.9. The van der Waals surface area contributed by atoms with Crippen LogP contribution in [0.25, 0.3) is 0 Å². The van der Waals surface area contributed by atoms with Crippen LogP contribution in [0, 0.1) is 6.92 Å². The van der Waals surface area contributed by atoms with E-state index in [1.54, 1.807) is 11.1 Å². The fourth-order valence-corrected chi connectivity index (χ4v) is 4.48. The van der Waals surface area contributed by atoms with E-state index in [4.69, 9.17) is 0 Å². The maximum absolute atomic E-state index is 10.9. The average Bonchev–Trinajstić information content (AvgIpc) is 3.06. The third kappa shape index (κ3) is 5.50. The van der Waals surface area contributed by atoms with Crippen LogP contribution in [0.4, 0.5) is 0 Å². The number of hydrogen-bond donors (Lipinski definition) is 1. The summed E-state index contributed by atoms with van der Waals surface area (Å²) in [5, 5.41) is 10.9. The first kappa shape index (κ1) is 19.3. The number of allylic oxidation sites excluding steroid dienone is 4. The Labute approximate surface area is 160 Å². The molecule has 0 heterocycles. The van der Waals surface area contributed by atoms with Crippen molar-refractivity contribution in [3.8, 4) is 5.75 Å². The van der Waals surface area contributed by atoms with E-state index < -0.39 is 0 Å². The highest BCUT2D eigenvalue weighted by Crippen LogP contribution is 2.30. The predicted molar refractivity (Wildman–Crippen MR) is 112 cm³/mol. The van der Waals surface area contributed by atoms with Crippen LogP contribution in [0.2, 0.25) is 0 Å². The zero-order valence-corrected chi connectivity index (χ0v) is 16.7. The van der Waals surface area contributed by atoms with Crippen molar-refractivity contribution in [2.24, 2.45) is 0 Å². The Morgan fingerprint density at radius 1 is 0.731 bits per heavy atom. The van der Waals surface area contributed by atoms with Crippen LogP contribution in [0.5, 0.6) is 5.75 Å². The fourth-order valence-electron chi connectivity index (χ4n) is 4.48. The lowest BCUT2D eigenvalue weighted by molar-refractivity contribution is 0.463. The Balaban J connectivity index is 1.71. The zero-order chi connectivity index (χ0) is 18.2. The Bertz CT molecular complexity index is 630. The molecule has 0 aromatic heterocycles. The lowest BCUT2D eigenvalue weighted by Crippen LogP contribution is -1.95. The first-order chi connectivity index (χ1) is 12.7. The molecule has 2 aliphatic rings. The maximum Gasteiger partial charge on any atom is 0.122 e. The van der Waals surface area contributed by atoms with Crippen LogP contribution in [0.3, 0.4) is 0 Å². The van der Waals surface area contributed by atoms with Crippen LogP contribution >= 0.6 is 0 Å². The molecule has 0 atom stereocenters. The molecular formula is C25H36O. The standard InChI is InChI=1S/C25H36O/c1-20-14-17-23(18-15-21-10-6-2-3-7-11-21)25(26)24(20)19-16-22-12-8-4-5-9-13-22/h14-17,26H,2-13,18-19H2,1H3. The molecule has 0 amide bonds. The van der Waals surface area contributed by atoms with E-state index in [-0.39, 0.29) is 0 Å². The summed E-state index contributed by atoms with van der Waals surface area (Å²) in [4.78, 5) is 0. The lowest BCUT2D eigenvalue weighted by atomic mass is 9.95. The SMILES string of the molecule is Cc1ccc(CC=C2CCCCCC2)c(O)c1CC=C1CCCCCC1. The van der Waals surface area contributed by atoms with Gasteiger partial charge >= 0.3 is 0 Å². The van der Waals surface area contributed by atoms with Crippen molar-refractivity contribution in [2.45, 2.75) is 96.8 Å². The predicted octanol–water partition coefficient (Wildman–Crippen LogP) is 7.35. The third-order valence-corrected chi connectivity index (χ3v) is 6.30. The lowest BCUT2D eigenvalue weighted by Gasteiger charge is -2.12. The average molecular weight is 353 g/mol. The number of rotatable bonds is 4. The van der Waals surface area contributed by atoms with Gasteiger partial charge in [-0.3, -0.25) is 0 Å². The number of benzene rings is 1. The van der Waals surface area contributed by atoms with Crippen molar-refractivity contribution in [3.05, 3.63) is 52.1 Å². The van der Waals surface area contributed by atoms with Crippen molar-refractivity contribution in [1.29, 1.82) is 0 Å². The molecule has 0 aliphatic heterocycles. The molecule has 1 aromatic carbocycles. The number of aromatic hydroxyl groups is 1. The molecule has 2 saturated carbocycles. The molecule has 1 nitrogen and oxygen atoms in total. The molecular weight excluding hydrogens is 316 g/mol. The van der Waals surface area contributed by atoms with Crippen molar-refractivity contribution in [3.63, 3.8) is 0 Å². The molecule has 1 aromatic rings. The van der Waals surface area contributed by atoms with Crippen LogP contribution in [0.1, 0.15) is 93.7 Å². The summed E-state index contributed by atoms with van der Waals surface area (Å²) in [6.45, 7) is 2.13. The molecule has 142 valence electrons. The second-order valence-corrected chi connectivity index (χ2v) is 8.33. The summed E-state index contributed by atoms with van der Waals surface area (Å²) in [5.41, 5.74) is 6.66. The van der Waals surface area contributed by atoms with Crippen LogP contribution < -0.4 is 0 Å². The summed E-state index contributed by atoms with van der Waals surface area (Å²) in [6.07, 6.45) is 22.5. The van der Waals surface area contributed by atoms with E-state index in [9.17, 15) is 5.11 Å². The first-order valence-corrected chi connectivity index (χ1v) is 10.9. The normalized spacial score (nSPS) is 19.0. The highest BCUT2D eigenvalue weighted by molar-refractivity contribution is 5.47. The van der Waals surface area contributed by atoms with E-state index in [0.717, 1.165) is 24.0 Å². The minimum absolute atomic E-state index is 0.543. The van der Waals surface area contributed by atoms with Gasteiger partial charge in [-0.15, -0.1) is 0 Å². The van der Waals surface area contributed by atoms with Gasteiger partial charge in [-0.05, 0) is 82.3 Å².